The van der Waals surface area contributed by atoms with Crippen molar-refractivity contribution in [3.63, 3.8) is 0 Å². The van der Waals surface area contributed by atoms with E-state index in [-0.39, 0.29) is 30.6 Å². The van der Waals surface area contributed by atoms with Crippen molar-refractivity contribution in [2.45, 2.75) is 57.4 Å². The van der Waals surface area contributed by atoms with E-state index < -0.39 is 0 Å². The smallest absolute Gasteiger partial charge is 0.255 e. The van der Waals surface area contributed by atoms with E-state index in [1.165, 1.54) is 16.9 Å². The van der Waals surface area contributed by atoms with Crippen LogP contribution in [0, 0.1) is 0 Å². The predicted molar refractivity (Wildman–Crippen MR) is 133 cm³/mol. The number of likely N-dealkylation sites (tertiary alicyclic amines) is 1. The second kappa shape index (κ2) is 10.0. The zero-order chi connectivity index (χ0) is 24.5. The molecule has 2 aliphatic heterocycles. The SMILES string of the molecule is O=C1N[C@H]2CN(C(=O)c3csc4c3CCCC4)C[C@@H]2OCc2cn(nn2)CCCOc2cccc1c2. The van der Waals surface area contributed by atoms with Crippen LogP contribution >= 0.6 is 11.3 Å². The molecule has 0 radical (unpaired) electrons. The molecule has 2 aromatic heterocycles. The van der Waals surface area contributed by atoms with Gasteiger partial charge in [0.25, 0.3) is 11.8 Å². The van der Waals surface area contributed by atoms with Crippen LogP contribution in [0.15, 0.2) is 35.8 Å². The van der Waals surface area contributed by atoms with Gasteiger partial charge >= 0.3 is 0 Å². The number of benzene rings is 1. The number of rotatable bonds is 1. The van der Waals surface area contributed by atoms with Gasteiger partial charge in [-0.25, -0.2) is 0 Å². The number of carbonyl (C=O) groups excluding carboxylic acids is 2. The molecule has 1 aromatic carbocycles. The Bertz CT molecular complexity index is 1270. The fourth-order valence-electron chi connectivity index (χ4n) is 5.19. The third-order valence-corrected chi connectivity index (χ3v) is 8.18. The van der Waals surface area contributed by atoms with E-state index in [1.807, 2.05) is 28.6 Å². The maximum absolute atomic E-state index is 13.6. The maximum atomic E-state index is 13.6. The summed E-state index contributed by atoms with van der Waals surface area (Å²) in [7, 11) is 0. The summed E-state index contributed by atoms with van der Waals surface area (Å²) in [5.74, 6) is 0.457. The van der Waals surface area contributed by atoms with Crippen molar-refractivity contribution in [2.24, 2.45) is 0 Å². The van der Waals surface area contributed by atoms with Gasteiger partial charge in [-0.1, -0.05) is 11.3 Å². The number of fused-ring (bicyclic) bond motifs is 6. The first-order chi connectivity index (χ1) is 17.6. The largest absolute Gasteiger partial charge is 0.494 e. The lowest BCUT2D eigenvalue weighted by atomic mass is 9.95. The molecule has 1 N–H and O–H groups in total. The Morgan fingerprint density at radius 3 is 3.03 bits per heavy atom. The van der Waals surface area contributed by atoms with E-state index in [4.69, 9.17) is 9.47 Å². The average molecular weight is 508 g/mol. The van der Waals surface area contributed by atoms with Crippen molar-refractivity contribution in [1.82, 2.24) is 25.2 Å². The van der Waals surface area contributed by atoms with Gasteiger partial charge in [0.05, 0.1) is 37.1 Å². The molecule has 3 aromatic rings. The van der Waals surface area contributed by atoms with Crippen LogP contribution in [-0.2, 0) is 30.7 Å². The highest BCUT2D eigenvalue weighted by Gasteiger charge is 2.38. The second-order valence-electron chi connectivity index (χ2n) is 9.60. The van der Waals surface area contributed by atoms with Crippen LogP contribution in [0.2, 0.25) is 0 Å². The summed E-state index contributed by atoms with van der Waals surface area (Å²) < 4.78 is 13.9. The Morgan fingerprint density at radius 2 is 2.08 bits per heavy atom. The van der Waals surface area contributed by atoms with Gasteiger partial charge in [-0.2, -0.15) is 0 Å². The van der Waals surface area contributed by atoms with Crippen LogP contribution in [-0.4, -0.2) is 63.6 Å². The fourth-order valence-corrected chi connectivity index (χ4v) is 6.31. The molecule has 10 heteroatoms. The summed E-state index contributed by atoms with van der Waals surface area (Å²) in [6, 6.07) is 6.83. The van der Waals surface area contributed by atoms with E-state index in [0.29, 0.717) is 37.6 Å². The van der Waals surface area contributed by atoms with Crippen molar-refractivity contribution in [1.29, 1.82) is 0 Å². The third kappa shape index (κ3) is 4.75. The summed E-state index contributed by atoms with van der Waals surface area (Å²) in [5, 5.41) is 13.5. The molecule has 0 spiro atoms. The van der Waals surface area contributed by atoms with Crippen molar-refractivity contribution in [3.05, 3.63) is 63.1 Å². The molecule has 0 unspecified atom stereocenters. The van der Waals surface area contributed by atoms with Crippen molar-refractivity contribution < 1.29 is 19.1 Å². The molecule has 2 amide bonds. The maximum Gasteiger partial charge on any atom is 0.255 e. The minimum absolute atomic E-state index is 0.0204. The topological polar surface area (TPSA) is 98.6 Å². The van der Waals surface area contributed by atoms with Crippen LogP contribution in [0.3, 0.4) is 0 Å². The third-order valence-electron chi connectivity index (χ3n) is 7.09. The molecule has 188 valence electrons. The highest BCUT2D eigenvalue weighted by molar-refractivity contribution is 7.10. The number of nitrogens with one attached hydrogen (secondary N) is 1. The molecule has 36 heavy (non-hydrogen) atoms. The second-order valence-corrected chi connectivity index (χ2v) is 10.6. The molecular formula is C26H29N5O4S. The van der Waals surface area contributed by atoms with E-state index >= 15 is 0 Å². The zero-order valence-corrected chi connectivity index (χ0v) is 20.8. The molecule has 0 saturated carbocycles. The summed E-state index contributed by atoms with van der Waals surface area (Å²) in [6.45, 7) is 2.24. The highest BCUT2D eigenvalue weighted by Crippen LogP contribution is 2.32. The normalized spacial score (nSPS) is 22.3. The zero-order valence-electron chi connectivity index (χ0n) is 20.0. The molecule has 4 bridgehead atoms. The van der Waals surface area contributed by atoms with Crippen LogP contribution < -0.4 is 10.1 Å². The van der Waals surface area contributed by atoms with E-state index in [2.05, 4.69) is 15.6 Å². The quantitative estimate of drug-likeness (QED) is 0.544. The number of thiophene rings is 1. The molecule has 1 aliphatic carbocycles. The fraction of sp³-hybridized carbons (Fsp3) is 0.462. The van der Waals surface area contributed by atoms with E-state index in [0.717, 1.165) is 36.9 Å². The molecular weight excluding hydrogens is 478 g/mol. The first-order valence-corrected chi connectivity index (χ1v) is 13.4. The number of nitrogens with zero attached hydrogens (tertiary/aromatic N) is 4. The van der Waals surface area contributed by atoms with Crippen molar-refractivity contribution in [3.8, 4) is 5.75 Å². The number of hydrogen-bond donors (Lipinski definition) is 1. The Labute approximate surface area is 213 Å². The Kier molecular flexibility index (Phi) is 6.45. The lowest BCUT2D eigenvalue weighted by Gasteiger charge is -2.20. The van der Waals surface area contributed by atoms with Gasteiger partial charge in [0.1, 0.15) is 11.4 Å². The van der Waals surface area contributed by atoms with Gasteiger partial charge < -0.3 is 19.7 Å². The highest BCUT2D eigenvalue weighted by atomic mass is 32.1. The lowest BCUT2D eigenvalue weighted by Crippen LogP contribution is -2.44. The lowest BCUT2D eigenvalue weighted by molar-refractivity contribution is 0.0291. The van der Waals surface area contributed by atoms with E-state index in [1.54, 1.807) is 28.2 Å². The van der Waals surface area contributed by atoms with Gasteiger partial charge in [-0.05, 0) is 49.4 Å². The summed E-state index contributed by atoms with van der Waals surface area (Å²) >= 11 is 1.69. The first kappa shape index (κ1) is 23.2. The number of aromatic nitrogens is 3. The molecule has 3 aliphatic rings. The Morgan fingerprint density at radius 1 is 1.17 bits per heavy atom. The van der Waals surface area contributed by atoms with E-state index in [9.17, 15) is 9.59 Å². The van der Waals surface area contributed by atoms with Crippen LogP contribution in [0.25, 0.3) is 0 Å². The standard InChI is InChI=1S/C26H29N5O4S/c32-25-17-5-3-6-19(11-17)34-10-4-9-31-12-18(28-29-31)15-35-23-14-30(13-22(23)27-25)26(33)21-16-36-24-8-2-1-7-20(21)24/h3,5-6,11-12,16,22-23H,1-2,4,7-10,13-15H2,(H,27,32)/t22-,23-/m0/s1. The number of carbonyl (C=O) groups is 2. The molecule has 2 atom stereocenters. The van der Waals surface area contributed by atoms with Gasteiger partial charge in [-0.3, -0.25) is 14.3 Å². The first-order valence-electron chi connectivity index (χ1n) is 12.6. The Hall–Kier alpha value is -3.24. The number of amides is 2. The monoisotopic (exact) mass is 507 g/mol. The molecule has 1 fully saturated rings. The van der Waals surface area contributed by atoms with Crippen LogP contribution in [0.4, 0.5) is 0 Å². The summed E-state index contributed by atoms with van der Waals surface area (Å²) in [5.41, 5.74) is 3.26. The van der Waals surface area contributed by atoms with Crippen molar-refractivity contribution in [2.75, 3.05) is 19.7 Å². The average Bonchev–Trinajstić information content (AvgIpc) is 3.63. The molecule has 4 heterocycles. The van der Waals surface area contributed by atoms with Gasteiger partial charge in [-0.15, -0.1) is 16.4 Å². The predicted octanol–water partition coefficient (Wildman–Crippen LogP) is 2.84. The molecule has 6 rings (SSSR count). The van der Waals surface area contributed by atoms with Crippen molar-refractivity contribution >= 4 is 23.2 Å². The Balaban J connectivity index is 1.25. The number of hydrogen-bond acceptors (Lipinski definition) is 7. The molecule has 9 nitrogen and oxygen atoms in total. The number of ether oxygens (including phenoxy) is 2. The minimum Gasteiger partial charge on any atom is -0.494 e. The van der Waals surface area contributed by atoms with Crippen LogP contribution in [0.5, 0.6) is 5.75 Å². The van der Waals surface area contributed by atoms with Gasteiger partial charge in [0, 0.05) is 41.9 Å². The molecule has 1 saturated heterocycles. The van der Waals surface area contributed by atoms with Crippen LogP contribution in [0.1, 0.15) is 56.1 Å². The van der Waals surface area contributed by atoms with Gasteiger partial charge in [0.15, 0.2) is 0 Å². The number of aryl methyl sites for hydroxylation is 2. The van der Waals surface area contributed by atoms with Gasteiger partial charge in [0.2, 0.25) is 0 Å². The summed E-state index contributed by atoms with van der Waals surface area (Å²) in [4.78, 5) is 29.9. The minimum atomic E-state index is -0.357. The summed E-state index contributed by atoms with van der Waals surface area (Å²) in [6.07, 6.45) is 6.60.